The second-order valence-corrected chi connectivity index (χ2v) is 2.03. The maximum atomic E-state index is 5.40. The van der Waals surface area contributed by atoms with Crippen LogP contribution in [0.15, 0.2) is 21.3 Å². The predicted molar refractivity (Wildman–Crippen MR) is 40.0 cm³/mol. The van der Waals surface area contributed by atoms with Gasteiger partial charge in [-0.3, -0.25) is 0 Å². The molecule has 1 aromatic rings. The van der Waals surface area contributed by atoms with Gasteiger partial charge >= 0.3 is 0 Å². The third kappa shape index (κ3) is 1.14. The molecule has 1 heterocycles. The highest BCUT2D eigenvalue weighted by Gasteiger charge is 2.03. The van der Waals surface area contributed by atoms with Crippen molar-refractivity contribution in [1.29, 1.82) is 0 Å². The van der Waals surface area contributed by atoms with E-state index >= 15 is 0 Å². The molecule has 0 aliphatic carbocycles. The van der Waals surface area contributed by atoms with Crippen LogP contribution in [-0.4, -0.2) is 5.84 Å². The molecule has 1 aromatic heterocycles. The van der Waals surface area contributed by atoms with Gasteiger partial charge in [-0.1, -0.05) is 0 Å². The summed E-state index contributed by atoms with van der Waals surface area (Å²) in [6.07, 6.45) is 1.54. The van der Waals surface area contributed by atoms with Crippen LogP contribution in [0.1, 0.15) is 11.3 Å². The molecule has 0 aromatic carbocycles. The van der Waals surface area contributed by atoms with Gasteiger partial charge in [-0.2, -0.15) is 4.51 Å². The van der Waals surface area contributed by atoms with Gasteiger partial charge in [-0.05, 0) is 13.0 Å². The first-order valence-electron chi connectivity index (χ1n) is 2.74. The SMILES string of the molecule is Cc1occc1/C(N)=N/Cl. The molecule has 2 N–H and O–H groups in total. The van der Waals surface area contributed by atoms with Crippen molar-refractivity contribution >= 4 is 17.6 Å². The van der Waals surface area contributed by atoms with Crippen molar-refractivity contribution in [2.75, 3.05) is 0 Å². The Morgan fingerprint density at radius 1 is 1.80 bits per heavy atom. The van der Waals surface area contributed by atoms with Crippen LogP contribution in [0.2, 0.25) is 0 Å². The lowest BCUT2D eigenvalue weighted by molar-refractivity contribution is 0.533. The normalized spacial score (nSPS) is 12.0. The Morgan fingerprint density at radius 3 is 2.90 bits per heavy atom. The van der Waals surface area contributed by atoms with Crippen LogP contribution in [0, 0.1) is 6.92 Å². The topological polar surface area (TPSA) is 51.5 Å². The second-order valence-electron chi connectivity index (χ2n) is 1.86. The van der Waals surface area contributed by atoms with E-state index in [9.17, 15) is 0 Å². The zero-order valence-corrected chi connectivity index (χ0v) is 6.22. The van der Waals surface area contributed by atoms with E-state index in [0.29, 0.717) is 0 Å². The molecule has 10 heavy (non-hydrogen) atoms. The summed E-state index contributed by atoms with van der Waals surface area (Å²) >= 11 is 5.14. The summed E-state index contributed by atoms with van der Waals surface area (Å²) in [5, 5.41) is 0. The first kappa shape index (κ1) is 7.15. The van der Waals surface area contributed by atoms with Gasteiger partial charge in [0.25, 0.3) is 0 Å². The van der Waals surface area contributed by atoms with Crippen molar-refractivity contribution in [2.24, 2.45) is 10.2 Å². The summed E-state index contributed by atoms with van der Waals surface area (Å²) in [6.45, 7) is 1.80. The molecule has 3 nitrogen and oxygen atoms in total. The molecule has 0 bridgehead atoms. The second kappa shape index (κ2) is 2.75. The van der Waals surface area contributed by atoms with Crippen LogP contribution in [0.4, 0.5) is 0 Å². The zero-order chi connectivity index (χ0) is 7.56. The van der Waals surface area contributed by atoms with Crippen LogP contribution in [0.25, 0.3) is 0 Å². The van der Waals surface area contributed by atoms with Crippen LogP contribution in [0.5, 0.6) is 0 Å². The van der Waals surface area contributed by atoms with E-state index in [4.69, 9.17) is 21.9 Å². The number of hydrogen-bond donors (Lipinski definition) is 1. The summed E-state index contributed by atoms with van der Waals surface area (Å²) < 4.78 is 8.27. The molecule has 0 aliphatic rings. The molecular weight excluding hydrogens is 152 g/mol. The quantitative estimate of drug-likeness (QED) is 0.497. The summed E-state index contributed by atoms with van der Waals surface area (Å²) in [7, 11) is 0. The molecule has 0 saturated carbocycles. The minimum Gasteiger partial charge on any atom is -0.469 e. The molecule has 0 unspecified atom stereocenters. The number of aryl methyl sites for hydroxylation is 1. The molecule has 0 fully saturated rings. The number of hydrogen-bond acceptors (Lipinski definition) is 2. The first-order chi connectivity index (χ1) is 4.75. The van der Waals surface area contributed by atoms with E-state index in [0.717, 1.165) is 11.3 Å². The van der Waals surface area contributed by atoms with Gasteiger partial charge in [0, 0.05) is 11.8 Å². The molecule has 4 heteroatoms. The van der Waals surface area contributed by atoms with Gasteiger partial charge < -0.3 is 10.2 Å². The van der Waals surface area contributed by atoms with Crippen LogP contribution >= 0.6 is 11.8 Å². The summed E-state index contributed by atoms with van der Waals surface area (Å²) in [4.78, 5) is 0. The van der Waals surface area contributed by atoms with Crippen LogP contribution in [-0.2, 0) is 0 Å². The predicted octanol–water partition coefficient (Wildman–Crippen LogP) is 1.45. The third-order valence-electron chi connectivity index (χ3n) is 1.23. The summed E-state index contributed by atoms with van der Waals surface area (Å²) in [5.41, 5.74) is 6.14. The minimum atomic E-state index is 0.285. The van der Waals surface area contributed by atoms with E-state index in [1.54, 1.807) is 19.3 Å². The molecular formula is C6H7ClN2O. The number of amidine groups is 1. The fourth-order valence-electron chi connectivity index (χ4n) is 0.696. The Kier molecular flexibility index (Phi) is 1.97. The standard InChI is InChI=1S/C6H7ClN2O/c1-4-5(2-3-10-4)6(8)9-7/h2-3H,1H3,(H2,8,9). The smallest absolute Gasteiger partial charge is 0.148 e. The molecule has 0 amide bonds. The van der Waals surface area contributed by atoms with Crippen molar-refractivity contribution in [1.82, 2.24) is 0 Å². The summed E-state index contributed by atoms with van der Waals surface area (Å²) in [6, 6.07) is 1.72. The van der Waals surface area contributed by atoms with E-state index in [1.807, 2.05) is 0 Å². The lowest BCUT2D eigenvalue weighted by Crippen LogP contribution is -2.11. The van der Waals surface area contributed by atoms with Gasteiger partial charge in [-0.25, -0.2) is 0 Å². The molecule has 0 spiro atoms. The molecule has 0 aliphatic heterocycles. The maximum absolute atomic E-state index is 5.40. The van der Waals surface area contributed by atoms with Crippen molar-refractivity contribution in [2.45, 2.75) is 6.92 Å². The minimum absolute atomic E-state index is 0.285. The molecule has 0 saturated heterocycles. The highest BCUT2D eigenvalue weighted by molar-refractivity contribution is 6.22. The van der Waals surface area contributed by atoms with E-state index in [2.05, 4.69) is 4.51 Å². The van der Waals surface area contributed by atoms with E-state index < -0.39 is 0 Å². The van der Waals surface area contributed by atoms with Gasteiger partial charge in [0.15, 0.2) is 0 Å². The highest BCUT2D eigenvalue weighted by Crippen LogP contribution is 2.07. The Bertz CT molecular complexity index is 254. The van der Waals surface area contributed by atoms with Crippen molar-refractivity contribution in [3.8, 4) is 0 Å². The van der Waals surface area contributed by atoms with E-state index in [1.165, 1.54) is 0 Å². The van der Waals surface area contributed by atoms with Gasteiger partial charge in [0.2, 0.25) is 0 Å². The molecule has 0 atom stereocenters. The number of rotatable bonds is 1. The van der Waals surface area contributed by atoms with E-state index in [-0.39, 0.29) is 5.84 Å². The fraction of sp³-hybridized carbons (Fsp3) is 0.167. The first-order valence-corrected chi connectivity index (χ1v) is 3.08. The van der Waals surface area contributed by atoms with Crippen molar-refractivity contribution in [3.05, 3.63) is 23.7 Å². The Hall–Kier alpha value is -0.960. The number of nitrogens with two attached hydrogens (primary N) is 1. The zero-order valence-electron chi connectivity index (χ0n) is 5.47. The third-order valence-corrected chi connectivity index (χ3v) is 1.41. The van der Waals surface area contributed by atoms with Crippen LogP contribution < -0.4 is 5.73 Å². The summed E-state index contributed by atoms with van der Waals surface area (Å²) in [5.74, 6) is 1.01. The van der Waals surface area contributed by atoms with Crippen molar-refractivity contribution < 1.29 is 4.42 Å². The van der Waals surface area contributed by atoms with Gasteiger partial charge in [0.05, 0.1) is 11.8 Å². The fourth-order valence-corrected chi connectivity index (χ4v) is 0.787. The average molecular weight is 159 g/mol. The van der Waals surface area contributed by atoms with Gasteiger partial charge in [-0.15, -0.1) is 0 Å². The lowest BCUT2D eigenvalue weighted by Gasteiger charge is -1.92. The van der Waals surface area contributed by atoms with Gasteiger partial charge in [0.1, 0.15) is 11.6 Å². The highest BCUT2D eigenvalue weighted by atomic mass is 35.5. The Morgan fingerprint density at radius 2 is 2.50 bits per heavy atom. The lowest BCUT2D eigenvalue weighted by atomic mass is 10.2. The Labute approximate surface area is 63.6 Å². The largest absolute Gasteiger partial charge is 0.469 e. The van der Waals surface area contributed by atoms with Crippen molar-refractivity contribution in [3.63, 3.8) is 0 Å². The number of furan rings is 1. The maximum Gasteiger partial charge on any atom is 0.148 e. The Balaban J connectivity index is 3.05. The average Bonchev–Trinajstić information content (AvgIpc) is 2.34. The number of halogens is 1. The molecule has 0 radical (unpaired) electrons. The monoisotopic (exact) mass is 158 g/mol. The van der Waals surface area contributed by atoms with Crippen LogP contribution in [0.3, 0.4) is 0 Å². The molecule has 54 valence electrons. The molecule has 1 rings (SSSR count). The number of nitrogens with zero attached hydrogens (tertiary/aromatic N) is 1.